The summed E-state index contributed by atoms with van der Waals surface area (Å²) in [5.74, 6) is 2.56. The number of carbonyl (C=O) groups is 1. The molecule has 1 aromatic rings. The molecular weight excluding hydrogens is 262 g/mol. The van der Waals surface area contributed by atoms with Gasteiger partial charge >= 0.3 is 6.03 Å². The molecular formula is C17H23N3O. The molecule has 2 amide bonds. The minimum atomic E-state index is -0.171. The Labute approximate surface area is 126 Å². The predicted octanol–water partition coefficient (Wildman–Crippen LogP) is 2.66. The zero-order chi connectivity index (χ0) is 15.1. The molecule has 1 fully saturated rings. The Morgan fingerprint density at radius 1 is 1.43 bits per heavy atom. The van der Waals surface area contributed by atoms with E-state index in [9.17, 15) is 4.79 Å². The first-order chi connectivity index (χ1) is 10.2. The Morgan fingerprint density at radius 2 is 2.19 bits per heavy atom. The van der Waals surface area contributed by atoms with E-state index in [-0.39, 0.29) is 12.1 Å². The summed E-state index contributed by atoms with van der Waals surface area (Å²) in [5, 5.41) is 5.88. The molecule has 1 heterocycles. The summed E-state index contributed by atoms with van der Waals surface area (Å²) >= 11 is 0. The second kappa shape index (κ2) is 7.70. The first kappa shape index (κ1) is 15.4. The van der Waals surface area contributed by atoms with Crippen molar-refractivity contribution in [2.45, 2.75) is 32.2 Å². The number of nitrogens with one attached hydrogen (secondary N) is 2. The van der Waals surface area contributed by atoms with Gasteiger partial charge in [-0.05, 0) is 50.6 Å². The van der Waals surface area contributed by atoms with Crippen molar-refractivity contribution in [3.05, 3.63) is 29.8 Å². The van der Waals surface area contributed by atoms with Crippen molar-refractivity contribution in [1.29, 1.82) is 0 Å². The third-order valence-electron chi connectivity index (χ3n) is 3.79. The first-order valence-corrected chi connectivity index (χ1v) is 7.58. The molecule has 2 rings (SSSR count). The second-order valence-corrected chi connectivity index (χ2v) is 5.44. The van der Waals surface area contributed by atoms with Gasteiger partial charge in [-0.3, -0.25) is 0 Å². The van der Waals surface area contributed by atoms with E-state index in [2.05, 4.69) is 28.4 Å². The van der Waals surface area contributed by atoms with Gasteiger partial charge in [0, 0.05) is 23.8 Å². The molecule has 1 aliphatic rings. The topological polar surface area (TPSA) is 44.4 Å². The molecule has 0 aromatic heterocycles. The van der Waals surface area contributed by atoms with Crippen molar-refractivity contribution in [2.75, 3.05) is 25.0 Å². The van der Waals surface area contributed by atoms with Crippen molar-refractivity contribution < 1.29 is 4.79 Å². The maximum Gasteiger partial charge on any atom is 0.319 e. The highest BCUT2D eigenvalue weighted by Gasteiger charge is 2.17. The molecule has 4 heteroatoms. The van der Waals surface area contributed by atoms with Gasteiger partial charge in [-0.25, -0.2) is 4.79 Å². The molecule has 112 valence electrons. The van der Waals surface area contributed by atoms with Crippen molar-refractivity contribution in [3.63, 3.8) is 0 Å². The van der Waals surface area contributed by atoms with E-state index in [0.717, 1.165) is 37.3 Å². The number of carbonyl (C=O) groups excluding carboxylic acids is 1. The number of amides is 2. The lowest BCUT2D eigenvalue weighted by molar-refractivity contribution is 0.239. The fraction of sp³-hybridized carbons (Fsp3) is 0.471. The fourth-order valence-corrected chi connectivity index (χ4v) is 2.59. The van der Waals surface area contributed by atoms with Crippen LogP contribution < -0.4 is 10.6 Å². The zero-order valence-corrected chi connectivity index (χ0v) is 12.6. The average Bonchev–Trinajstić information content (AvgIpc) is 2.99. The summed E-state index contributed by atoms with van der Waals surface area (Å²) in [6, 6.07) is 7.31. The van der Waals surface area contributed by atoms with Crippen molar-refractivity contribution in [3.8, 4) is 12.3 Å². The van der Waals surface area contributed by atoms with Gasteiger partial charge < -0.3 is 15.5 Å². The van der Waals surface area contributed by atoms with Gasteiger partial charge in [0.25, 0.3) is 0 Å². The summed E-state index contributed by atoms with van der Waals surface area (Å²) in [6.45, 7) is 5.31. The number of urea groups is 1. The number of hydrogen-bond donors (Lipinski definition) is 2. The van der Waals surface area contributed by atoms with E-state index in [1.165, 1.54) is 12.8 Å². The van der Waals surface area contributed by atoms with Crippen LogP contribution in [0.15, 0.2) is 24.3 Å². The van der Waals surface area contributed by atoms with Crippen LogP contribution in [0.1, 0.15) is 31.7 Å². The molecule has 0 unspecified atom stereocenters. The van der Waals surface area contributed by atoms with E-state index >= 15 is 0 Å². The molecule has 1 atom stereocenters. The minimum Gasteiger partial charge on any atom is -0.334 e. The lowest BCUT2D eigenvalue weighted by Crippen LogP contribution is -2.44. The van der Waals surface area contributed by atoms with Crippen LogP contribution in [-0.4, -0.2) is 36.6 Å². The highest BCUT2D eigenvalue weighted by molar-refractivity contribution is 5.89. The summed E-state index contributed by atoms with van der Waals surface area (Å²) in [6.07, 6.45) is 8.81. The number of anilines is 1. The van der Waals surface area contributed by atoms with E-state index in [4.69, 9.17) is 6.42 Å². The van der Waals surface area contributed by atoms with Crippen LogP contribution >= 0.6 is 0 Å². The van der Waals surface area contributed by atoms with Gasteiger partial charge in [0.2, 0.25) is 0 Å². The van der Waals surface area contributed by atoms with Crippen molar-refractivity contribution in [1.82, 2.24) is 10.2 Å². The smallest absolute Gasteiger partial charge is 0.319 e. The lowest BCUT2D eigenvalue weighted by Gasteiger charge is -2.23. The second-order valence-electron chi connectivity index (χ2n) is 5.44. The van der Waals surface area contributed by atoms with Gasteiger partial charge in [-0.2, -0.15) is 0 Å². The van der Waals surface area contributed by atoms with E-state index in [1.807, 2.05) is 18.2 Å². The SMILES string of the molecule is C#Cc1cccc(NC(=O)N[C@@H](CC)CN2CCCC2)c1. The summed E-state index contributed by atoms with van der Waals surface area (Å²) in [7, 11) is 0. The molecule has 2 N–H and O–H groups in total. The standard InChI is InChI=1S/C17H23N3O/c1-3-14-8-7-9-16(12-14)19-17(21)18-15(4-2)13-20-10-5-6-11-20/h1,7-9,12,15H,4-6,10-11,13H2,2H3,(H2,18,19,21)/t15-/m0/s1. The maximum absolute atomic E-state index is 12.1. The number of terminal acetylenes is 1. The molecule has 0 aliphatic carbocycles. The largest absolute Gasteiger partial charge is 0.334 e. The maximum atomic E-state index is 12.1. The van der Waals surface area contributed by atoms with E-state index < -0.39 is 0 Å². The third kappa shape index (κ3) is 4.80. The highest BCUT2D eigenvalue weighted by Crippen LogP contribution is 2.11. The third-order valence-corrected chi connectivity index (χ3v) is 3.79. The Bertz CT molecular complexity index is 515. The number of rotatable bonds is 5. The molecule has 1 aromatic carbocycles. The summed E-state index contributed by atoms with van der Waals surface area (Å²) in [4.78, 5) is 14.5. The summed E-state index contributed by atoms with van der Waals surface area (Å²) in [5.41, 5.74) is 1.48. The molecule has 21 heavy (non-hydrogen) atoms. The normalized spacial score (nSPS) is 16.2. The minimum absolute atomic E-state index is 0.171. The van der Waals surface area contributed by atoms with Gasteiger partial charge in [0.05, 0.1) is 0 Å². The van der Waals surface area contributed by atoms with Crippen LogP contribution in [-0.2, 0) is 0 Å². The van der Waals surface area contributed by atoms with Gasteiger partial charge in [-0.15, -0.1) is 6.42 Å². The van der Waals surface area contributed by atoms with Gasteiger partial charge in [0.1, 0.15) is 0 Å². The number of hydrogen-bond acceptors (Lipinski definition) is 2. The Hall–Kier alpha value is -1.99. The van der Waals surface area contributed by atoms with Crippen LogP contribution in [0, 0.1) is 12.3 Å². The lowest BCUT2D eigenvalue weighted by atomic mass is 10.2. The highest BCUT2D eigenvalue weighted by atomic mass is 16.2. The van der Waals surface area contributed by atoms with Crippen molar-refractivity contribution in [2.24, 2.45) is 0 Å². The predicted molar refractivity (Wildman–Crippen MR) is 86.3 cm³/mol. The molecule has 0 radical (unpaired) electrons. The Morgan fingerprint density at radius 3 is 2.86 bits per heavy atom. The number of benzene rings is 1. The first-order valence-electron chi connectivity index (χ1n) is 7.58. The molecule has 4 nitrogen and oxygen atoms in total. The van der Waals surface area contributed by atoms with Crippen LogP contribution in [0.5, 0.6) is 0 Å². The molecule has 0 bridgehead atoms. The Kier molecular flexibility index (Phi) is 5.65. The number of nitrogens with zero attached hydrogens (tertiary/aromatic N) is 1. The monoisotopic (exact) mass is 285 g/mol. The number of likely N-dealkylation sites (tertiary alicyclic amines) is 1. The van der Waals surface area contributed by atoms with Crippen LogP contribution in [0.3, 0.4) is 0 Å². The van der Waals surface area contributed by atoms with Gasteiger partial charge in [0.15, 0.2) is 0 Å². The fourth-order valence-electron chi connectivity index (χ4n) is 2.59. The van der Waals surface area contributed by atoms with Crippen molar-refractivity contribution >= 4 is 11.7 Å². The Balaban J connectivity index is 1.85. The average molecular weight is 285 g/mol. The zero-order valence-electron chi connectivity index (χ0n) is 12.6. The van der Waals surface area contributed by atoms with E-state index in [0.29, 0.717) is 0 Å². The van der Waals surface area contributed by atoms with Crippen LogP contribution in [0.4, 0.5) is 10.5 Å². The molecule has 0 saturated carbocycles. The summed E-state index contributed by atoms with van der Waals surface area (Å²) < 4.78 is 0. The van der Waals surface area contributed by atoms with Crippen LogP contribution in [0.2, 0.25) is 0 Å². The van der Waals surface area contributed by atoms with E-state index in [1.54, 1.807) is 6.07 Å². The quantitative estimate of drug-likeness (QED) is 0.817. The molecule has 1 aliphatic heterocycles. The molecule has 1 saturated heterocycles. The van der Waals surface area contributed by atoms with Gasteiger partial charge in [-0.1, -0.05) is 18.9 Å². The molecule has 0 spiro atoms. The van der Waals surface area contributed by atoms with Crippen LogP contribution in [0.25, 0.3) is 0 Å².